The summed E-state index contributed by atoms with van der Waals surface area (Å²) in [6.45, 7) is 2.68. The first-order valence-corrected chi connectivity index (χ1v) is 6.40. The third kappa shape index (κ3) is 3.22. The molecule has 4 heteroatoms. The number of aliphatic carboxylic acids is 1. The molecule has 2 rings (SSSR count). The minimum absolute atomic E-state index is 0.166. The Hall–Kier alpha value is -2.10. The first-order valence-electron chi connectivity index (χ1n) is 6.40. The largest absolute Gasteiger partial charge is 0.478 e. The van der Waals surface area contributed by atoms with E-state index in [1.807, 2.05) is 25.1 Å². The second-order valence-electron chi connectivity index (χ2n) is 4.71. The average molecular weight is 259 g/mol. The summed E-state index contributed by atoms with van der Waals surface area (Å²) < 4.78 is 0. The van der Waals surface area contributed by atoms with Crippen LogP contribution in [0.4, 0.5) is 5.69 Å². The van der Waals surface area contributed by atoms with Crippen LogP contribution >= 0.6 is 0 Å². The summed E-state index contributed by atoms with van der Waals surface area (Å²) in [6.07, 6.45) is 5.30. The van der Waals surface area contributed by atoms with Crippen molar-refractivity contribution in [3.8, 4) is 0 Å². The van der Waals surface area contributed by atoms with Crippen molar-refractivity contribution in [3.63, 3.8) is 0 Å². The average Bonchev–Trinajstić information content (AvgIpc) is 2.37. The molecule has 0 aromatic heterocycles. The van der Waals surface area contributed by atoms with Crippen molar-refractivity contribution >= 4 is 23.6 Å². The van der Waals surface area contributed by atoms with Crippen LogP contribution in [-0.2, 0) is 9.59 Å². The molecule has 100 valence electrons. The maximum Gasteiger partial charge on any atom is 0.328 e. The van der Waals surface area contributed by atoms with Gasteiger partial charge in [0.15, 0.2) is 0 Å². The normalized spacial score (nSPS) is 16.1. The van der Waals surface area contributed by atoms with E-state index < -0.39 is 5.97 Å². The second-order valence-corrected chi connectivity index (χ2v) is 4.71. The number of nitrogens with zero attached hydrogens (tertiary/aromatic N) is 1. The standard InChI is InChI=1S/C15H17NO3/c1-11-10-13(16-9-3-2-4-14(16)17)7-5-12(11)6-8-15(18)19/h5-8,10H,2-4,9H2,1H3,(H,18,19). The van der Waals surface area contributed by atoms with Crippen LogP contribution in [0.1, 0.15) is 30.4 Å². The van der Waals surface area contributed by atoms with Crippen molar-refractivity contribution in [1.29, 1.82) is 0 Å². The molecule has 0 aliphatic carbocycles. The summed E-state index contributed by atoms with van der Waals surface area (Å²) in [6, 6.07) is 5.66. The molecule has 1 fully saturated rings. The van der Waals surface area contributed by atoms with E-state index in [1.165, 1.54) is 0 Å². The Labute approximate surface area is 112 Å². The van der Waals surface area contributed by atoms with Gasteiger partial charge in [0.2, 0.25) is 5.91 Å². The Morgan fingerprint density at radius 2 is 2.16 bits per heavy atom. The van der Waals surface area contributed by atoms with Crippen LogP contribution in [-0.4, -0.2) is 23.5 Å². The van der Waals surface area contributed by atoms with Gasteiger partial charge in [0, 0.05) is 24.7 Å². The maximum atomic E-state index is 11.8. The number of carbonyl (C=O) groups is 2. The smallest absolute Gasteiger partial charge is 0.328 e. The van der Waals surface area contributed by atoms with Gasteiger partial charge in [0.05, 0.1) is 0 Å². The van der Waals surface area contributed by atoms with E-state index in [-0.39, 0.29) is 5.91 Å². The van der Waals surface area contributed by atoms with Gasteiger partial charge in [0.25, 0.3) is 0 Å². The monoisotopic (exact) mass is 259 g/mol. The number of rotatable bonds is 3. The van der Waals surface area contributed by atoms with Crippen LogP contribution in [0.25, 0.3) is 6.08 Å². The zero-order chi connectivity index (χ0) is 13.8. The van der Waals surface area contributed by atoms with Crippen molar-refractivity contribution in [2.24, 2.45) is 0 Å². The Morgan fingerprint density at radius 3 is 2.79 bits per heavy atom. The minimum atomic E-state index is -0.963. The van der Waals surface area contributed by atoms with Crippen molar-refractivity contribution in [2.75, 3.05) is 11.4 Å². The third-order valence-electron chi connectivity index (χ3n) is 3.29. The molecule has 1 aliphatic rings. The number of piperidine rings is 1. The molecule has 0 atom stereocenters. The van der Waals surface area contributed by atoms with E-state index in [2.05, 4.69) is 0 Å². The number of anilines is 1. The van der Waals surface area contributed by atoms with E-state index >= 15 is 0 Å². The fourth-order valence-electron chi connectivity index (χ4n) is 2.25. The molecular formula is C15H17NO3. The van der Waals surface area contributed by atoms with E-state index in [1.54, 1.807) is 11.0 Å². The highest BCUT2D eigenvalue weighted by Crippen LogP contribution is 2.24. The van der Waals surface area contributed by atoms with Crippen LogP contribution in [0.5, 0.6) is 0 Å². The summed E-state index contributed by atoms with van der Waals surface area (Å²) in [4.78, 5) is 24.1. The highest BCUT2D eigenvalue weighted by Gasteiger charge is 2.19. The Morgan fingerprint density at radius 1 is 1.37 bits per heavy atom. The fraction of sp³-hybridized carbons (Fsp3) is 0.333. The zero-order valence-corrected chi connectivity index (χ0v) is 10.9. The first-order chi connectivity index (χ1) is 9.08. The predicted octanol–water partition coefficient (Wildman–Crippen LogP) is 2.61. The predicted molar refractivity (Wildman–Crippen MR) is 74.1 cm³/mol. The molecule has 1 aliphatic heterocycles. The highest BCUT2D eigenvalue weighted by molar-refractivity contribution is 5.94. The van der Waals surface area contributed by atoms with Gasteiger partial charge in [-0.25, -0.2) is 4.79 Å². The molecule has 19 heavy (non-hydrogen) atoms. The minimum Gasteiger partial charge on any atom is -0.478 e. The summed E-state index contributed by atoms with van der Waals surface area (Å²) in [5, 5.41) is 8.62. The topological polar surface area (TPSA) is 57.6 Å². The summed E-state index contributed by atoms with van der Waals surface area (Å²) in [5.41, 5.74) is 2.72. The summed E-state index contributed by atoms with van der Waals surface area (Å²) in [7, 11) is 0. The van der Waals surface area contributed by atoms with Crippen molar-refractivity contribution in [3.05, 3.63) is 35.4 Å². The van der Waals surface area contributed by atoms with Crippen LogP contribution in [0.15, 0.2) is 24.3 Å². The van der Waals surface area contributed by atoms with Crippen molar-refractivity contribution < 1.29 is 14.7 Å². The molecule has 1 aromatic carbocycles. The molecule has 1 amide bonds. The number of carboxylic acids is 1. The number of hydrogen-bond acceptors (Lipinski definition) is 2. The highest BCUT2D eigenvalue weighted by atomic mass is 16.4. The summed E-state index contributed by atoms with van der Waals surface area (Å²) in [5.74, 6) is -0.797. The van der Waals surface area contributed by atoms with Crippen molar-refractivity contribution in [1.82, 2.24) is 0 Å². The van der Waals surface area contributed by atoms with E-state index in [0.717, 1.165) is 42.3 Å². The molecule has 4 nitrogen and oxygen atoms in total. The van der Waals surface area contributed by atoms with Gasteiger partial charge in [-0.1, -0.05) is 6.07 Å². The number of benzene rings is 1. The molecule has 1 saturated heterocycles. The molecule has 1 aromatic rings. The van der Waals surface area contributed by atoms with Gasteiger partial charge in [-0.2, -0.15) is 0 Å². The maximum absolute atomic E-state index is 11.8. The van der Waals surface area contributed by atoms with Crippen molar-refractivity contribution in [2.45, 2.75) is 26.2 Å². The van der Waals surface area contributed by atoms with Gasteiger partial charge in [0.1, 0.15) is 0 Å². The van der Waals surface area contributed by atoms with Crippen LogP contribution in [0, 0.1) is 6.92 Å². The molecule has 0 bridgehead atoms. The van der Waals surface area contributed by atoms with Gasteiger partial charge in [-0.05, 0) is 49.1 Å². The quantitative estimate of drug-likeness (QED) is 0.849. The molecule has 0 spiro atoms. The first kappa shape index (κ1) is 13.3. The number of carbonyl (C=O) groups excluding carboxylic acids is 1. The van der Waals surface area contributed by atoms with Gasteiger partial charge >= 0.3 is 5.97 Å². The second kappa shape index (κ2) is 5.69. The third-order valence-corrected chi connectivity index (χ3v) is 3.29. The molecule has 0 radical (unpaired) electrons. The summed E-state index contributed by atoms with van der Waals surface area (Å²) >= 11 is 0. The van der Waals surface area contributed by atoms with E-state index in [9.17, 15) is 9.59 Å². The molecule has 1 heterocycles. The van der Waals surface area contributed by atoms with E-state index in [4.69, 9.17) is 5.11 Å². The lowest BCUT2D eigenvalue weighted by Crippen LogP contribution is -2.35. The fourth-order valence-corrected chi connectivity index (χ4v) is 2.25. The number of amides is 1. The Kier molecular flexibility index (Phi) is 4.00. The van der Waals surface area contributed by atoms with Gasteiger partial charge in [-0.15, -0.1) is 0 Å². The number of aryl methyl sites for hydroxylation is 1. The van der Waals surface area contributed by atoms with Gasteiger partial charge in [-0.3, -0.25) is 4.79 Å². The molecule has 0 unspecified atom stereocenters. The SMILES string of the molecule is Cc1cc(N2CCCCC2=O)ccc1C=CC(=O)O. The molecular weight excluding hydrogens is 242 g/mol. The zero-order valence-electron chi connectivity index (χ0n) is 10.9. The molecule has 1 N–H and O–H groups in total. The Bertz CT molecular complexity index is 534. The van der Waals surface area contributed by atoms with Crippen LogP contribution < -0.4 is 4.90 Å². The lowest BCUT2D eigenvalue weighted by molar-refractivity contribution is -0.131. The number of hydrogen-bond donors (Lipinski definition) is 1. The van der Waals surface area contributed by atoms with Crippen LogP contribution in [0.2, 0.25) is 0 Å². The number of carboxylic acid groups (broad SMARTS) is 1. The van der Waals surface area contributed by atoms with Crippen LogP contribution in [0.3, 0.4) is 0 Å². The lowest BCUT2D eigenvalue weighted by Gasteiger charge is -2.27. The lowest BCUT2D eigenvalue weighted by atomic mass is 10.0. The Balaban J connectivity index is 2.23. The molecule has 0 saturated carbocycles. The van der Waals surface area contributed by atoms with E-state index in [0.29, 0.717) is 6.42 Å². The van der Waals surface area contributed by atoms with Gasteiger partial charge < -0.3 is 10.0 Å².